The molecule has 2 N–H and O–H groups in total. The molecule has 5 nitrogen and oxygen atoms in total. The topological polar surface area (TPSA) is 65.2 Å². The molecule has 4 aromatic rings. The minimum atomic E-state index is -0.430. The number of rotatable bonds is 5. The summed E-state index contributed by atoms with van der Waals surface area (Å²) in [6, 6.07) is 18.1. The van der Waals surface area contributed by atoms with E-state index in [0.29, 0.717) is 16.3 Å². The first-order valence-electron chi connectivity index (χ1n) is 10.5. The van der Waals surface area contributed by atoms with Gasteiger partial charge in [-0.1, -0.05) is 41.9 Å². The first kappa shape index (κ1) is 22.6. The second-order valence-electron chi connectivity index (χ2n) is 7.98. The SMILES string of the molecule is Cc1ccc2cc(CN(Cc3ccccc3Cl)C(=O)Nc3ccc(F)cc3)c(=O)[nH]c2c1C. The van der Waals surface area contributed by atoms with Gasteiger partial charge < -0.3 is 15.2 Å². The summed E-state index contributed by atoms with van der Waals surface area (Å²) in [7, 11) is 0. The van der Waals surface area contributed by atoms with Gasteiger partial charge in [-0.3, -0.25) is 4.79 Å². The smallest absolute Gasteiger partial charge is 0.321 e. The van der Waals surface area contributed by atoms with E-state index in [1.54, 1.807) is 6.07 Å². The highest BCUT2D eigenvalue weighted by Crippen LogP contribution is 2.22. The quantitative estimate of drug-likeness (QED) is 0.371. The Bertz CT molecular complexity index is 1380. The van der Waals surface area contributed by atoms with Gasteiger partial charge in [0.15, 0.2) is 0 Å². The van der Waals surface area contributed by atoms with Crippen molar-refractivity contribution < 1.29 is 9.18 Å². The summed E-state index contributed by atoms with van der Waals surface area (Å²) in [5, 5.41) is 4.18. The summed E-state index contributed by atoms with van der Waals surface area (Å²) < 4.78 is 13.3. The van der Waals surface area contributed by atoms with Crippen molar-refractivity contribution in [1.29, 1.82) is 0 Å². The maximum atomic E-state index is 13.3. The lowest BCUT2D eigenvalue weighted by molar-refractivity contribution is 0.206. The maximum Gasteiger partial charge on any atom is 0.322 e. The third-order valence-corrected chi connectivity index (χ3v) is 6.06. The number of benzene rings is 3. The number of H-pyrrole nitrogens is 1. The van der Waals surface area contributed by atoms with Crippen molar-refractivity contribution in [3.63, 3.8) is 0 Å². The van der Waals surface area contributed by atoms with Crippen LogP contribution < -0.4 is 10.9 Å². The van der Waals surface area contributed by atoms with Crippen LogP contribution in [0.1, 0.15) is 22.3 Å². The fraction of sp³-hybridized carbons (Fsp3) is 0.154. The molecule has 7 heteroatoms. The van der Waals surface area contributed by atoms with Crippen molar-refractivity contribution in [2.75, 3.05) is 5.32 Å². The number of carbonyl (C=O) groups excluding carboxylic acids is 1. The van der Waals surface area contributed by atoms with Crippen molar-refractivity contribution in [3.8, 4) is 0 Å². The van der Waals surface area contributed by atoms with Crippen LogP contribution in [0.2, 0.25) is 5.02 Å². The third-order valence-electron chi connectivity index (χ3n) is 5.69. The van der Waals surface area contributed by atoms with Crippen molar-refractivity contribution in [2.45, 2.75) is 26.9 Å². The normalized spacial score (nSPS) is 10.9. The van der Waals surface area contributed by atoms with E-state index in [0.717, 1.165) is 27.6 Å². The number of anilines is 1. The fourth-order valence-electron chi connectivity index (χ4n) is 3.66. The van der Waals surface area contributed by atoms with Gasteiger partial charge in [0.2, 0.25) is 0 Å². The lowest BCUT2D eigenvalue weighted by Crippen LogP contribution is -2.35. The number of halogens is 2. The van der Waals surface area contributed by atoms with Crippen LogP contribution in [0.15, 0.2) is 71.5 Å². The molecule has 168 valence electrons. The predicted molar refractivity (Wildman–Crippen MR) is 130 cm³/mol. The van der Waals surface area contributed by atoms with Crippen molar-refractivity contribution in [3.05, 3.63) is 110 Å². The summed E-state index contributed by atoms with van der Waals surface area (Å²) in [6.45, 7) is 4.22. The molecule has 2 amide bonds. The van der Waals surface area contributed by atoms with Crippen LogP contribution in [0.4, 0.5) is 14.9 Å². The summed E-state index contributed by atoms with van der Waals surface area (Å²) in [6.07, 6.45) is 0. The van der Waals surface area contributed by atoms with Crippen LogP contribution >= 0.6 is 11.6 Å². The Morgan fingerprint density at radius 3 is 2.42 bits per heavy atom. The number of aromatic amines is 1. The zero-order valence-corrected chi connectivity index (χ0v) is 19.0. The van der Waals surface area contributed by atoms with Crippen molar-refractivity contribution in [1.82, 2.24) is 9.88 Å². The molecule has 0 atom stereocenters. The Balaban J connectivity index is 1.68. The number of urea groups is 1. The molecular formula is C26H23ClFN3O2. The number of aromatic nitrogens is 1. The first-order valence-corrected chi connectivity index (χ1v) is 10.9. The molecular weight excluding hydrogens is 441 g/mol. The van der Waals surface area contributed by atoms with Gasteiger partial charge in [0.05, 0.1) is 12.1 Å². The van der Waals surface area contributed by atoms with E-state index in [4.69, 9.17) is 11.6 Å². The van der Waals surface area contributed by atoms with Gasteiger partial charge in [-0.15, -0.1) is 0 Å². The first-order chi connectivity index (χ1) is 15.8. The van der Waals surface area contributed by atoms with Crippen LogP contribution in [-0.2, 0) is 13.1 Å². The van der Waals surface area contributed by atoms with Crippen LogP contribution in [0, 0.1) is 19.7 Å². The monoisotopic (exact) mass is 463 g/mol. The van der Waals surface area contributed by atoms with Gasteiger partial charge in [-0.2, -0.15) is 0 Å². The standard InChI is InChI=1S/C26H23ClFN3O2/c1-16-7-8-18-13-20(25(32)30-24(18)17(16)2)15-31(14-19-5-3-4-6-23(19)27)26(33)29-22-11-9-21(28)10-12-22/h3-13H,14-15H2,1-2H3,(H,29,33)(H,30,32). The van der Waals surface area contributed by atoms with Gasteiger partial charge in [0.1, 0.15) is 5.82 Å². The minimum absolute atomic E-state index is 0.0659. The average Bonchev–Trinajstić information content (AvgIpc) is 2.80. The molecule has 0 radical (unpaired) electrons. The second-order valence-corrected chi connectivity index (χ2v) is 8.39. The number of nitrogens with one attached hydrogen (secondary N) is 2. The maximum absolute atomic E-state index is 13.3. The van der Waals surface area contributed by atoms with Gasteiger partial charge >= 0.3 is 6.03 Å². The van der Waals surface area contributed by atoms with Crippen LogP contribution in [0.3, 0.4) is 0 Å². The molecule has 0 spiro atoms. The molecule has 0 saturated heterocycles. The minimum Gasteiger partial charge on any atom is -0.321 e. The number of nitrogens with zero attached hydrogens (tertiary/aromatic N) is 1. The molecule has 1 aromatic heterocycles. The molecule has 4 rings (SSSR count). The zero-order chi connectivity index (χ0) is 23.5. The lowest BCUT2D eigenvalue weighted by Gasteiger charge is -2.24. The Labute approximate surface area is 195 Å². The summed E-state index contributed by atoms with van der Waals surface area (Å²) >= 11 is 6.33. The van der Waals surface area contributed by atoms with Crippen molar-refractivity contribution in [2.24, 2.45) is 0 Å². The van der Waals surface area contributed by atoms with Gasteiger partial charge in [0.25, 0.3) is 5.56 Å². The van der Waals surface area contributed by atoms with E-state index in [2.05, 4.69) is 10.3 Å². The average molecular weight is 464 g/mol. The van der Waals surface area contributed by atoms with Crippen LogP contribution in [-0.4, -0.2) is 15.9 Å². The fourth-order valence-corrected chi connectivity index (χ4v) is 3.86. The number of carbonyl (C=O) groups is 1. The number of aryl methyl sites for hydroxylation is 2. The predicted octanol–water partition coefficient (Wildman–Crippen LogP) is 6.17. The molecule has 0 saturated carbocycles. The summed E-state index contributed by atoms with van der Waals surface area (Å²) in [5.41, 5.74) is 4.28. The number of hydrogen-bond acceptors (Lipinski definition) is 2. The molecule has 0 aliphatic carbocycles. The largest absolute Gasteiger partial charge is 0.322 e. The number of pyridine rings is 1. The van der Waals surface area contributed by atoms with E-state index in [9.17, 15) is 14.0 Å². The molecule has 33 heavy (non-hydrogen) atoms. The highest BCUT2D eigenvalue weighted by molar-refractivity contribution is 6.31. The molecule has 0 aliphatic heterocycles. The Morgan fingerprint density at radius 1 is 1.00 bits per heavy atom. The number of amides is 2. The molecule has 0 fully saturated rings. The van der Waals surface area contributed by atoms with Gasteiger partial charge in [0, 0.05) is 22.8 Å². The van der Waals surface area contributed by atoms with E-state index < -0.39 is 11.8 Å². The molecule has 0 aliphatic rings. The molecule has 0 unspecified atom stereocenters. The van der Waals surface area contributed by atoms with Gasteiger partial charge in [-0.05, 0) is 72.3 Å². The third kappa shape index (κ3) is 5.07. The van der Waals surface area contributed by atoms with E-state index in [1.165, 1.54) is 29.2 Å². The Kier molecular flexibility index (Phi) is 6.47. The highest BCUT2D eigenvalue weighted by atomic mass is 35.5. The van der Waals surface area contributed by atoms with Gasteiger partial charge in [-0.25, -0.2) is 9.18 Å². The van der Waals surface area contributed by atoms with Crippen LogP contribution in [0.25, 0.3) is 10.9 Å². The molecule has 0 bridgehead atoms. The molecule has 1 heterocycles. The van der Waals surface area contributed by atoms with E-state index in [-0.39, 0.29) is 18.6 Å². The molecule has 3 aromatic carbocycles. The van der Waals surface area contributed by atoms with Crippen LogP contribution in [0.5, 0.6) is 0 Å². The Hall–Kier alpha value is -3.64. The van der Waals surface area contributed by atoms with Crippen molar-refractivity contribution >= 4 is 34.2 Å². The number of hydrogen-bond donors (Lipinski definition) is 2. The second kappa shape index (κ2) is 9.46. The highest BCUT2D eigenvalue weighted by Gasteiger charge is 2.18. The zero-order valence-electron chi connectivity index (χ0n) is 18.3. The number of fused-ring (bicyclic) bond motifs is 1. The summed E-state index contributed by atoms with van der Waals surface area (Å²) in [4.78, 5) is 30.5. The van der Waals surface area contributed by atoms with E-state index in [1.807, 2.05) is 50.2 Å². The Morgan fingerprint density at radius 2 is 1.70 bits per heavy atom. The lowest BCUT2D eigenvalue weighted by atomic mass is 10.0. The van der Waals surface area contributed by atoms with E-state index >= 15 is 0 Å². The summed E-state index contributed by atoms with van der Waals surface area (Å²) in [5.74, 6) is -0.394.